The van der Waals surface area contributed by atoms with Crippen LogP contribution in [0.2, 0.25) is 0 Å². The van der Waals surface area contributed by atoms with Crippen molar-refractivity contribution in [2.75, 3.05) is 26.4 Å². The van der Waals surface area contributed by atoms with Crippen molar-refractivity contribution in [2.45, 2.75) is 34.6 Å². The van der Waals surface area contributed by atoms with Crippen molar-refractivity contribution in [3.05, 3.63) is 27.8 Å². The second-order valence-corrected chi connectivity index (χ2v) is 4.64. The number of aliphatic hydroxyl groups excluding tert-OH is 1. The summed E-state index contributed by atoms with van der Waals surface area (Å²) in [5, 5.41) is 8.61. The van der Waals surface area contributed by atoms with Gasteiger partial charge in [0, 0.05) is 0 Å². The molecular formula is C15H24O3. The smallest absolute Gasteiger partial charge is 0.125 e. The molecule has 0 unspecified atom stereocenters. The zero-order chi connectivity index (χ0) is 13.7. The molecule has 0 radical (unpaired) electrons. The van der Waals surface area contributed by atoms with Crippen LogP contribution in [0, 0.1) is 34.6 Å². The van der Waals surface area contributed by atoms with Gasteiger partial charge in [-0.15, -0.1) is 0 Å². The Bertz CT molecular complexity index is 382. The van der Waals surface area contributed by atoms with Crippen molar-refractivity contribution in [2.24, 2.45) is 0 Å². The van der Waals surface area contributed by atoms with Gasteiger partial charge in [0.05, 0.1) is 19.8 Å². The summed E-state index contributed by atoms with van der Waals surface area (Å²) in [4.78, 5) is 0. The summed E-state index contributed by atoms with van der Waals surface area (Å²) in [7, 11) is 0. The van der Waals surface area contributed by atoms with Crippen LogP contribution < -0.4 is 4.74 Å². The molecule has 0 aliphatic heterocycles. The van der Waals surface area contributed by atoms with E-state index in [9.17, 15) is 0 Å². The van der Waals surface area contributed by atoms with Gasteiger partial charge in [-0.25, -0.2) is 0 Å². The molecule has 0 bridgehead atoms. The predicted molar refractivity (Wildman–Crippen MR) is 73.5 cm³/mol. The van der Waals surface area contributed by atoms with Crippen LogP contribution in [0.15, 0.2) is 0 Å². The maximum Gasteiger partial charge on any atom is 0.125 e. The summed E-state index contributed by atoms with van der Waals surface area (Å²) in [6.45, 7) is 12.1. The van der Waals surface area contributed by atoms with Crippen molar-refractivity contribution in [1.29, 1.82) is 0 Å². The first-order chi connectivity index (χ1) is 8.50. The molecule has 0 aliphatic carbocycles. The molecule has 0 saturated carbocycles. The third-order valence-electron chi connectivity index (χ3n) is 3.64. The van der Waals surface area contributed by atoms with Crippen molar-refractivity contribution < 1.29 is 14.6 Å². The summed E-state index contributed by atoms with van der Waals surface area (Å²) in [6.07, 6.45) is 0. The van der Waals surface area contributed by atoms with E-state index < -0.39 is 0 Å². The number of hydrogen-bond acceptors (Lipinski definition) is 3. The standard InChI is InChI=1S/C15H24O3/c1-10-11(2)13(4)15(14(5)12(10)3)18-9-8-17-7-6-16/h16H,6-9H2,1-5H3. The Balaban J connectivity index is 2.77. The van der Waals surface area contributed by atoms with E-state index in [0.29, 0.717) is 19.8 Å². The number of aliphatic hydroxyl groups is 1. The first kappa shape index (κ1) is 15.0. The van der Waals surface area contributed by atoms with Crippen LogP contribution in [0.1, 0.15) is 27.8 Å². The topological polar surface area (TPSA) is 38.7 Å². The van der Waals surface area contributed by atoms with Gasteiger partial charge in [0.25, 0.3) is 0 Å². The van der Waals surface area contributed by atoms with Gasteiger partial charge < -0.3 is 14.6 Å². The zero-order valence-corrected chi connectivity index (χ0v) is 12.1. The van der Waals surface area contributed by atoms with E-state index >= 15 is 0 Å². The normalized spacial score (nSPS) is 10.8. The van der Waals surface area contributed by atoms with E-state index in [1.54, 1.807) is 0 Å². The Morgan fingerprint density at radius 2 is 1.22 bits per heavy atom. The van der Waals surface area contributed by atoms with E-state index in [0.717, 1.165) is 5.75 Å². The van der Waals surface area contributed by atoms with Crippen molar-refractivity contribution in [3.8, 4) is 5.75 Å². The molecule has 0 fully saturated rings. The molecule has 1 aromatic carbocycles. The largest absolute Gasteiger partial charge is 0.491 e. The minimum atomic E-state index is 0.0564. The highest BCUT2D eigenvalue weighted by Crippen LogP contribution is 2.31. The highest BCUT2D eigenvalue weighted by atomic mass is 16.5. The van der Waals surface area contributed by atoms with Crippen LogP contribution in [0.3, 0.4) is 0 Å². The van der Waals surface area contributed by atoms with E-state index in [-0.39, 0.29) is 6.61 Å². The Hall–Kier alpha value is -1.06. The lowest BCUT2D eigenvalue weighted by atomic mass is 9.94. The third-order valence-corrected chi connectivity index (χ3v) is 3.64. The number of benzene rings is 1. The Morgan fingerprint density at radius 1 is 0.722 bits per heavy atom. The summed E-state index contributed by atoms with van der Waals surface area (Å²) in [5.74, 6) is 0.975. The summed E-state index contributed by atoms with van der Waals surface area (Å²) >= 11 is 0. The maximum absolute atomic E-state index is 8.61. The highest BCUT2D eigenvalue weighted by molar-refractivity contribution is 5.53. The summed E-state index contributed by atoms with van der Waals surface area (Å²) < 4.78 is 11.0. The van der Waals surface area contributed by atoms with Gasteiger partial charge in [0.1, 0.15) is 12.4 Å². The van der Waals surface area contributed by atoms with Gasteiger partial charge in [0.15, 0.2) is 0 Å². The van der Waals surface area contributed by atoms with Gasteiger partial charge >= 0.3 is 0 Å². The first-order valence-corrected chi connectivity index (χ1v) is 6.39. The summed E-state index contributed by atoms with van der Waals surface area (Å²) in [5.41, 5.74) is 6.35. The molecular weight excluding hydrogens is 228 g/mol. The molecule has 18 heavy (non-hydrogen) atoms. The molecule has 1 N–H and O–H groups in total. The Kier molecular flexibility index (Phi) is 5.63. The molecule has 0 heterocycles. The van der Waals surface area contributed by atoms with Gasteiger partial charge in [0.2, 0.25) is 0 Å². The first-order valence-electron chi connectivity index (χ1n) is 6.39. The van der Waals surface area contributed by atoms with E-state index in [1.165, 1.54) is 27.8 Å². The monoisotopic (exact) mass is 252 g/mol. The maximum atomic E-state index is 8.61. The van der Waals surface area contributed by atoms with Gasteiger partial charge in [-0.2, -0.15) is 0 Å². The lowest BCUT2D eigenvalue weighted by molar-refractivity contribution is 0.0702. The van der Waals surface area contributed by atoms with Crippen LogP contribution in [-0.2, 0) is 4.74 Å². The van der Waals surface area contributed by atoms with E-state index in [1.807, 2.05) is 0 Å². The lowest BCUT2D eigenvalue weighted by Crippen LogP contribution is -2.11. The minimum absolute atomic E-state index is 0.0564. The fourth-order valence-electron chi connectivity index (χ4n) is 2.05. The fraction of sp³-hybridized carbons (Fsp3) is 0.600. The van der Waals surface area contributed by atoms with E-state index in [2.05, 4.69) is 34.6 Å². The van der Waals surface area contributed by atoms with Crippen molar-refractivity contribution in [3.63, 3.8) is 0 Å². The highest BCUT2D eigenvalue weighted by Gasteiger charge is 2.12. The quantitative estimate of drug-likeness (QED) is 0.791. The molecule has 1 aromatic rings. The van der Waals surface area contributed by atoms with Crippen molar-refractivity contribution in [1.82, 2.24) is 0 Å². The van der Waals surface area contributed by atoms with Gasteiger partial charge in [-0.05, 0) is 62.4 Å². The van der Waals surface area contributed by atoms with Crippen LogP contribution >= 0.6 is 0 Å². The van der Waals surface area contributed by atoms with Crippen molar-refractivity contribution >= 4 is 0 Å². The molecule has 0 spiro atoms. The SMILES string of the molecule is Cc1c(C)c(C)c(OCCOCCO)c(C)c1C. The lowest BCUT2D eigenvalue weighted by Gasteiger charge is -2.19. The van der Waals surface area contributed by atoms with Crippen LogP contribution in [0.25, 0.3) is 0 Å². The Labute approximate surface area is 110 Å². The second-order valence-electron chi connectivity index (χ2n) is 4.64. The van der Waals surface area contributed by atoms with Crippen LogP contribution in [0.5, 0.6) is 5.75 Å². The number of ether oxygens (including phenoxy) is 2. The van der Waals surface area contributed by atoms with E-state index in [4.69, 9.17) is 14.6 Å². The van der Waals surface area contributed by atoms with Gasteiger partial charge in [-0.1, -0.05) is 0 Å². The molecule has 0 atom stereocenters. The molecule has 0 aliphatic rings. The molecule has 0 aromatic heterocycles. The molecule has 102 valence electrons. The second kappa shape index (κ2) is 6.76. The zero-order valence-electron chi connectivity index (χ0n) is 12.1. The number of hydrogen-bond donors (Lipinski definition) is 1. The summed E-state index contributed by atoms with van der Waals surface area (Å²) in [6, 6.07) is 0. The molecule has 3 heteroatoms. The van der Waals surface area contributed by atoms with Crippen LogP contribution in [-0.4, -0.2) is 31.5 Å². The molecule has 1 rings (SSSR count). The molecule has 0 amide bonds. The fourth-order valence-corrected chi connectivity index (χ4v) is 2.05. The average molecular weight is 252 g/mol. The third kappa shape index (κ3) is 3.24. The average Bonchev–Trinajstić information content (AvgIpc) is 2.37. The predicted octanol–water partition coefficient (Wildman–Crippen LogP) is 2.62. The molecule has 3 nitrogen and oxygen atoms in total. The Morgan fingerprint density at radius 3 is 1.72 bits per heavy atom. The number of rotatable bonds is 6. The van der Waals surface area contributed by atoms with Crippen LogP contribution in [0.4, 0.5) is 0 Å². The van der Waals surface area contributed by atoms with Gasteiger partial charge in [-0.3, -0.25) is 0 Å². The molecule has 0 saturated heterocycles. The minimum Gasteiger partial charge on any atom is -0.491 e.